The number of ketones is 1. The highest BCUT2D eigenvalue weighted by atomic mass is 16.7. The summed E-state index contributed by atoms with van der Waals surface area (Å²) in [5, 5.41) is 10.5. The maximum atomic E-state index is 13.2. The van der Waals surface area contributed by atoms with Gasteiger partial charge in [0.1, 0.15) is 16.8 Å². The van der Waals surface area contributed by atoms with Crippen molar-refractivity contribution >= 4 is 5.78 Å². The number of carbonyl (C=O) groups is 1. The number of aliphatic hydroxyl groups excluding tert-OH is 1. The Labute approximate surface area is 195 Å². The zero-order valence-electron chi connectivity index (χ0n) is 20.0. The van der Waals surface area contributed by atoms with Crippen LogP contribution in [-0.4, -0.2) is 46.2 Å². The zero-order valence-corrected chi connectivity index (χ0v) is 20.0. The molecule has 0 amide bonds. The summed E-state index contributed by atoms with van der Waals surface area (Å²) in [4.78, 5) is 13.2. The molecule has 1 aromatic carbocycles. The van der Waals surface area contributed by atoms with E-state index < -0.39 is 17.3 Å². The van der Waals surface area contributed by atoms with E-state index in [1.165, 1.54) is 16.7 Å². The molecule has 0 radical (unpaired) electrons. The molecule has 3 aliphatic carbocycles. The molecule has 1 N–H and O–H groups in total. The lowest BCUT2D eigenvalue weighted by Crippen LogP contribution is -2.56. The fourth-order valence-electron chi connectivity index (χ4n) is 8.19. The first kappa shape index (κ1) is 20.8. The van der Waals surface area contributed by atoms with Crippen molar-refractivity contribution in [3.63, 3.8) is 0 Å². The summed E-state index contributed by atoms with van der Waals surface area (Å²) in [6.45, 7) is 8.39. The third-order valence-corrected chi connectivity index (χ3v) is 10.8. The topological polar surface area (TPSA) is 71.6 Å². The van der Waals surface area contributed by atoms with Gasteiger partial charge in [-0.2, -0.15) is 0 Å². The van der Waals surface area contributed by atoms with Gasteiger partial charge < -0.3 is 19.3 Å². The van der Waals surface area contributed by atoms with Crippen LogP contribution in [0.5, 0.6) is 0 Å². The fraction of sp³-hybridized carbons (Fsp3) is 0.679. The number of epoxide rings is 2. The van der Waals surface area contributed by atoms with Crippen LogP contribution in [0.1, 0.15) is 81.9 Å². The number of hydrogen-bond acceptors (Lipinski definition) is 5. The van der Waals surface area contributed by atoms with Crippen LogP contribution in [0.15, 0.2) is 30.4 Å². The van der Waals surface area contributed by atoms with Crippen LogP contribution in [0.25, 0.3) is 0 Å². The molecule has 10 atom stereocenters. The lowest BCUT2D eigenvalue weighted by atomic mass is 9.49. The molecule has 3 saturated heterocycles. The van der Waals surface area contributed by atoms with Gasteiger partial charge in [-0.15, -0.1) is 0 Å². The standard InChI is InChI=1S/C28H34O5/c1-15(21-14-25(2)27(4,33-25)24(30)31-21)16-7-9-18-17(12-16)8-10-20-19(18)13-23-28(32-23)11-5-6-22(29)26(20,28)3/h5-7,9,12,15,19-21,23-24,30H,8,10-11,13-14H2,1-4H3/t15-,19+,20+,21+,23+,24+,25-,26+,27+,28+/m1/s1. The number of fused-ring (bicyclic) bond motifs is 5. The molecular weight excluding hydrogens is 416 g/mol. The van der Waals surface area contributed by atoms with E-state index in [-0.39, 0.29) is 35.1 Å². The lowest BCUT2D eigenvalue weighted by molar-refractivity contribution is -0.187. The normalized spacial score (nSPS) is 52.0. The van der Waals surface area contributed by atoms with E-state index in [2.05, 4.69) is 39.0 Å². The van der Waals surface area contributed by atoms with E-state index in [1.807, 2.05) is 13.0 Å². The second kappa shape index (κ2) is 6.17. The van der Waals surface area contributed by atoms with Crippen molar-refractivity contribution in [1.82, 2.24) is 0 Å². The van der Waals surface area contributed by atoms with Crippen molar-refractivity contribution in [3.8, 4) is 0 Å². The van der Waals surface area contributed by atoms with Gasteiger partial charge in [0.05, 0.1) is 17.6 Å². The van der Waals surface area contributed by atoms with Gasteiger partial charge in [0.25, 0.3) is 0 Å². The first-order chi connectivity index (χ1) is 15.6. The SMILES string of the molecule is C[C@H](c1ccc2c(c1)CC[C@H]1[C@H]2C[C@@H]2O[C@@]23CC=CC(=O)[C@]13C)[C@@H]1C[C@@]2(C)O[C@@]2(C)[C@@H](O)O1. The third-order valence-electron chi connectivity index (χ3n) is 10.8. The summed E-state index contributed by atoms with van der Waals surface area (Å²) in [7, 11) is 0. The number of aryl methyl sites for hydroxylation is 1. The number of aliphatic hydroxyl groups is 1. The predicted molar refractivity (Wildman–Crippen MR) is 122 cm³/mol. The Morgan fingerprint density at radius 2 is 2.03 bits per heavy atom. The van der Waals surface area contributed by atoms with Crippen molar-refractivity contribution in [1.29, 1.82) is 0 Å². The van der Waals surface area contributed by atoms with Crippen molar-refractivity contribution in [2.75, 3.05) is 0 Å². The Bertz CT molecular complexity index is 1100. The van der Waals surface area contributed by atoms with Crippen molar-refractivity contribution in [3.05, 3.63) is 47.0 Å². The Kier molecular flexibility index (Phi) is 3.89. The van der Waals surface area contributed by atoms with Gasteiger partial charge in [-0.1, -0.05) is 31.2 Å². The Balaban J connectivity index is 1.18. The maximum Gasteiger partial charge on any atom is 0.186 e. The second-order valence-corrected chi connectivity index (χ2v) is 12.1. The molecule has 1 spiro atoms. The van der Waals surface area contributed by atoms with Gasteiger partial charge in [0.2, 0.25) is 0 Å². The molecule has 6 aliphatic rings. The third kappa shape index (κ3) is 2.40. The van der Waals surface area contributed by atoms with Crippen LogP contribution in [0, 0.1) is 11.3 Å². The maximum absolute atomic E-state index is 13.2. The number of ether oxygens (including phenoxy) is 3. The van der Waals surface area contributed by atoms with Gasteiger partial charge >= 0.3 is 0 Å². The van der Waals surface area contributed by atoms with Gasteiger partial charge in [0, 0.05) is 12.3 Å². The van der Waals surface area contributed by atoms with Crippen LogP contribution in [0.4, 0.5) is 0 Å². The first-order valence-electron chi connectivity index (χ1n) is 12.7. The van der Waals surface area contributed by atoms with E-state index in [4.69, 9.17) is 14.2 Å². The van der Waals surface area contributed by atoms with Crippen LogP contribution < -0.4 is 0 Å². The molecular formula is C28H34O5. The average Bonchev–Trinajstić information content (AvgIpc) is 3.64. The summed E-state index contributed by atoms with van der Waals surface area (Å²) >= 11 is 0. The molecule has 1 saturated carbocycles. The van der Waals surface area contributed by atoms with E-state index in [0.29, 0.717) is 11.8 Å². The van der Waals surface area contributed by atoms with Crippen LogP contribution in [0.3, 0.4) is 0 Å². The Morgan fingerprint density at radius 3 is 2.82 bits per heavy atom. The molecule has 0 bridgehead atoms. The highest BCUT2D eigenvalue weighted by Crippen LogP contribution is 2.69. The van der Waals surface area contributed by atoms with E-state index >= 15 is 0 Å². The smallest absolute Gasteiger partial charge is 0.186 e. The monoisotopic (exact) mass is 450 g/mol. The van der Waals surface area contributed by atoms with E-state index in [9.17, 15) is 9.90 Å². The number of allylic oxidation sites excluding steroid dienone is 1. The quantitative estimate of drug-likeness (QED) is 0.685. The molecule has 1 aromatic rings. The highest BCUT2D eigenvalue weighted by Gasteiger charge is 2.75. The Hall–Kier alpha value is -1.53. The minimum absolute atomic E-state index is 0.0734. The van der Waals surface area contributed by atoms with Gasteiger partial charge in [0.15, 0.2) is 12.1 Å². The van der Waals surface area contributed by atoms with Gasteiger partial charge in [-0.3, -0.25) is 4.79 Å². The molecule has 33 heavy (non-hydrogen) atoms. The van der Waals surface area contributed by atoms with Crippen LogP contribution in [0.2, 0.25) is 0 Å². The summed E-state index contributed by atoms with van der Waals surface area (Å²) in [6, 6.07) is 6.90. The molecule has 5 heteroatoms. The van der Waals surface area contributed by atoms with Crippen molar-refractivity contribution in [2.45, 2.75) is 107 Å². The van der Waals surface area contributed by atoms with E-state index in [1.54, 1.807) is 6.08 Å². The molecule has 3 aliphatic heterocycles. The molecule has 0 aromatic heterocycles. The average molecular weight is 451 g/mol. The molecule has 5 nitrogen and oxygen atoms in total. The minimum atomic E-state index is -0.883. The predicted octanol–water partition coefficient (Wildman–Crippen LogP) is 4.17. The van der Waals surface area contributed by atoms with Crippen molar-refractivity contribution < 1.29 is 24.1 Å². The number of rotatable bonds is 2. The summed E-state index contributed by atoms with van der Waals surface area (Å²) < 4.78 is 18.2. The van der Waals surface area contributed by atoms with Gasteiger partial charge in [-0.25, -0.2) is 0 Å². The summed E-state index contributed by atoms with van der Waals surface area (Å²) in [5.41, 5.74) is 2.54. The summed E-state index contributed by atoms with van der Waals surface area (Å²) in [6.07, 6.45) is 7.79. The number of carbonyl (C=O) groups excluding carboxylic acids is 1. The largest absolute Gasteiger partial charge is 0.366 e. The van der Waals surface area contributed by atoms with Gasteiger partial charge in [-0.05, 0) is 81.1 Å². The molecule has 0 unspecified atom stereocenters. The minimum Gasteiger partial charge on any atom is -0.366 e. The van der Waals surface area contributed by atoms with Crippen LogP contribution >= 0.6 is 0 Å². The molecule has 7 rings (SSSR count). The number of benzene rings is 1. The first-order valence-corrected chi connectivity index (χ1v) is 12.7. The molecule has 176 valence electrons. The number of hydrogen-bond donors (Lipinski definition) is 1. The molecule has 4 fully saturated rings. The molecule has 3 heterocycles. The lowest BCUT2D eigenvalue weighted by Gasteiger charge is -2.51. The van der Waals surface area contributed by atoms with E-state index in [0.717, 1.165) is 32.1 Å². The zero-order chi connectivity index (χ0) is 23.0. The van der Waals surface area contributed by atoms with Crippen LogP contribution in [-0.2, 0) is 25.4 Å². The van der Waals surface area contributed by atoms with Crippen molar-refractivity contribution in [2.24, 2.45) is 11.3 Å². The summed E-state index contributed by atoms with van der Waals surface area (Å²) in [5.74, 6) is 1.15. The fourth-order valence-corrected chi connectivity index (χ4v) is 8.19. The Morgan fingerprint density at radius 1 is 1.21 bits per heavy atom. The highest BCUT2D eigenvalue weighted by molar-refractivity contribution is 5.98. The second-order valence-electron chi connectivity index (χ2n) is 12.1.